The Morgan fingerprint density at radius 3 is 2.36 bits per heavy atom. The van der Waals surface area contributed by atoms with E-state index in [0.29, 0.717) is 11.8 Å². The fourth-order valence-electron chi connectivity index (χ4n) is 1.48. The SMILES string of the molecule is [CH-]=C1C(C(C)C)CCN1[CH2-].[Y]. The van der Waals surface area contributed by atoms with Crippen LogP contribution in [0.4, 0.5) is 0 Å². The van der Waals surface area contributed by atoms with Crippen LogP contribution >= 0.6 is 0 Å². The largest absolute Gasteiger partial charge is 0.557 e. The van der Waals surface area contributed by atoms with Crippen LogP contribution in [-0.4, -0.2) is 11.4 Å². The van der Waals surface area contributed by atoms with Gasteiger partial charge in [-0.1, -0.05) is 13.8 Å². The summed E-state index contributed by atoms with van der Waals surface area (Å²) in [6.07, 6.45) is 1.17. The molecule has 0 N–H and O–H groups in total. The first-order valence-corrected chi connectivity index (χ1v) is 3.83. The predicted octanol–water partition coefficient (Wildman–Crippen LogP) is 2.07. The molecule has 1 aliphatic rings. The van der Waals surface area contributed by atoms with E-state index in [1.165, 1.54) is 6.42 Å². The van der Waals surface area contributed by atoms with E-state index in [-0.39, 0.29) is 32.7 Å². The van der Waals surface area contributed by atoms with E-state index >= 15 is 0 Å². The summed E-state index contributed by atoms with van der Waals surface area (Å²) in [6, 6.07) is 0. The van der Waals surface area contributed by atoms with Gasteiger partial charge in [-0.25, -0.2) is 5.70 Å². The normalized spacial score (nSPS) is 24.2. The summed E-state index contributed by atoms with van der Waals surface area (Å²) in [7, 11) is 3.82. The molecule has 61 valence electrons. The number of hydrogen-bond donors (Lipinski definition) is 0. The summed E-state index contributed by atoms with van der Waals surface area (Å²) in [6.45, 7) is 11.2. The smallest absolute Gasteiger partial charge is 0 e. The van der Waals surface area contributed by atoms with Gasteiger partial charge in [0.15, 0.2) is 0 Å². The van der Waals surface area contributed by atoms with Crippen LogP contribution in [0.1, 0.15) is 20.3 Å². The third kappa shape index (κ3) is 2.55. The molecule has 1 aliphatic heterocycles. The van der Waals surface area contributed by atoms with Gasteiger partial charge in [0.2, 0.25) is 0 Å². The molecular weight excluding hydrogens is 211 g/mol. The Hall–Kier alpha value is 0.644. The maximum atomic E-state index is 5.80. The van der Waals surface area contributed by atoms with Crippen LogP contribution in [0, 0.1) is 25.5 Å². The van der Waals surface area contributed by atoms with Crippen LogP contribution in [0.3, 0.4) is 0 Å². The van der Waals surface area contributed by atoms with Crippen LogP contribution in [-0.2, 0) is 32.7 Å². The molecule has 11 heavy (non-hydrogen) atoms. The molecule has 0 saturated carbocycles. The molecule has 0 aromatic heterocycles. The van der Waals surface area contributed by atoms with Crippen molar-refractivity contribution in [1.29, 1.82) is 0 Å². The van der Waals surface area contributed by atoms with E-state index in [0.717, 1.165) is 12.2 Å². The van der Waals surface area contributed by atoms with Gasteiger partial charge in [0.25, 0.3) is 0 Å². The molecule has 0 amide bonds. The molecule has 0 spiro atoms. The van der Waals surface area contributed by atoms with Gasteiger partial charge in [-0.3, -0.25) is 7.05 Å². The van der Waals surface area contributed by atoms with Crippen molar-refractivity contribution in [3.63, 3.8) is 0 Å². The minimum Gasteiger partial charge on any atom is -0.557 e. The zero-order valence-electron chi connectivity index (χ0n) is 7.38. The second-order valence-electron chi connectivity index (χ2n) is 3.33. The van der Waals surface area contributed by atoms with Crippen molar-refractivity contribution < 1.29 is 32.7 Å². The van der Waals surface area contributed by atoms with Gasteiger partial charge in [0.1, 0.15) is 0 Å². The second-order valence-corrected chi connectivity index (χ2v) is 3.33. The fraction of sp³-hybridized carbons (Fsp3) is 0.667. The van der Waals surface area contributed by atoms with E-state index in [4.69, 9.17) is 6.58 Å². The molecule has 1 rings (SSSR count). The summed E-state index contributed by atoms with van der Waals surface area (Å²) in [5.41, 5.74) is 0.968. The van der Waals surface area contributed by atoms with Gasteiger partial charge in [0.05, 0.1) is 0 Å². The van der Waals surface area contributed by atoms with Gasteiger partial charge >= 0.3 is 0 Å². The third-order valence-corrected chi connectivity index (χ3v) is 2.26. The van der Waals surface area contributed by atoms with E-state index in [2.05, 4.69) is 20.9 Å². The first-order chi connectivity index (χ1) is 4.63. The monoisotopic (exact) mass is 226 g/mol. The zero-order chi connectivity index (χ0) is 7.72. The Labute approximate surface area is 95.1 Å². The van der Waals surface area contributed by atoms with Crippen molar-refractivity contribution in [3.8, 4) is 0 Å². The van der Waals surface area contributed by atoms with Crippen LogP contribution < -0.4 is 0 Å². The third-order valence-electron chi connectivity index (χ3n) is 2.26. The molecule has 1 nitrogen and oxygen atoms in total. The molecule has 1 saturated heterocycles. The summed E-state index contributed by atoms with van der Waals surface area (Å²) >= 11 is 0. The average Bonchev–Trinajstić information content (AvgIpc) is 2.14. The molecule has 0 aromatic rings. The molecule has 0 aliphatic carbocycles. The van der Waals surface area contributed by atoms with Gasteiger partial charge in [-0.2, -0.15) is 0 Å². The van der Waals surface area contributed by atoms with E-state index in [9.17, 15) is 0 Å². The van der Waals surface area contributed by atoms with Crippen molar-refractivity contribution in [3.05, 3.63) is 19.3 Å². The number of nitrogens with zero attached hydrogens (tertiary/aromatic N) is 1. The standard InChI is InChI=1S/C9H15N.Y/c1-7(2)9-5-6-10(4)8(9)3;/h3,7,9H,4-6H2,1-2H3;/q-2;. The zero-order valence-corrected chi connectivity index (χ0v) is 10.2. The van der Waals surface area contributed by atoms with E-state index in [1.807, 2.05) is 4.90 Å². The Bertz CT molecular complexity index is 142. The van der Waals surface area contributed by atoms with Gasteiger partial charge in [-0.05, 0) is 24.8 Å². The Balaban J connectivity index is 0.000001000. The van der Waals surface area contributed by atoms with Gasteiger partial charge in [0, 0.05) is 32.7 Å². The molecule has 2 heteroatoms. The van der Waals surface area contributed by atoms with E-state index in [1.54, 1.807) is 0 Å². The second kappa shape index (κ2) is 4.62. The molecule has 1 unspecified atom stereocenters. The summed E-state index contributed by atoms with van der Waals surface area (Å²) < 4.78 is 0. The quantitative estimate of drug-likeness (QED) is 0.618. The summed E-state index contributed by atoms with van der Waals surface area (Å²) in [4.78, 5) is 1.91. The molecule has 1 atom stereocenters. The number of rotatable bonds is 1. The number of likely N-dealkylation sites (tertiary alicyclic amines) is 1. The summed E-state index contributed by atoms with van der Waals surface area (Å²) in [5, 5.41) is 0. The average molecular weight is 226 g/mol. The molecule has 0 bridgehead atoms. The molecule has 1 fully saturated rings. The van der Waals surface area contributed by atoms with Crippen LogP contribution in [0.5, 0.6) is 0 Å². The van der Waals surface area contributed by atoms with Crippen LogP contribution in [0.15, 0.2) is 5.70 Å². The van der Waals surface area contributed by atoms with Crippen LogP contribution in [0.25, 0.3) is 0 Å². The minimum atomic E-state index is 0. The van der Waals surface area contributed by atoms with Crippen molar-refractivity contribution in [2.45, 2.75) is 20.3 Å². The Kier molecular flexibility index (Phi) is 4.89. The van der Waals surface area contributed by atoms with Crippen molar-refractivity contribution in [2.75, 3.05) is 6.54 Å². The van der Waals surface area contributed by atoms with Crippen molar-refractivity contribution >= 4 is 0 Å². The van der Waals surface area contributed by atoms with E-state index < -0.39 is 0 Å². The summed E-state index contributed by atoms with van der Waals surface area (Å²) in [5.74, 6) is 1.23. The predicted molar refractivity (Wildman–Crippen MR) is 42.8 cm³/mol. The maximum absolute atomic E-state index is 5.80. The van der Waals surface area contributed by atoms with Crippen molar-refractivity contribution in [1.82, 2.24) is 4.90 Å². The number of allylic oxidation sites excluding steroid dienone is 1. The minimum absolute atomic E-state index is 0. The Morgan fingerprint density at radius 1 is 1.64 bits per heavy atom. The molecule has 0 aromatic carbocycles. The number of hydrogen-bond acceptors (Lipinski definition) is 1. The first-order valence-electron chi connectivity index (χ1n) is 3.83. The first kappa shape index (κ1) is 11.6. The molecule has 1 radical (unpaired) electrons. The van der Waals surface area contributed by atoms with Gasteiger partial charge in [-0.15, -0.1) is 0 Å². The Morgan fingerprint density at radius 2 is 2.18 bits per heavy atom. The maximum Gasteiger partial charge on any atom is 0 e. The molecular formula is C9H15NY-2. The topological polar surface area (TPSA) is 3.24 Å². The van der Waals surface area contributed by atoms with Crippen molar-refractivity contribution in [2.24, 2.45) is 11.8 Å². The van der Waals surface area contributed by atoms with Crippen LogP contribution in [0.2, 0.25) is 0 Å². The van der Waals surface area contributed by atoms with Gasteiger partial charge < -0.3 is 11.5 Å². The molecule has 1 heterocycles. The fourth-order valence-corrected chi connectivity index (χ4v) is 1.48.